The fourth-order valence-electron chi connectivity index (χ4n) is 1.08. The van der Waals surface area contributed by atoms with Crippen LogP contribution < -0.4 is 10.9 Å². The van der Waals surface area contributed by atoms with Gasteiger partial charge in [-0.05, 0) is 20.5 Å². The van der Waals surface area contributed by atoms with Crippen LogP contribution in [0.15, 0.2) is 0 Å². The number of rotatable bonds is 8. The highest BCUT2D eigenvalue weighted by molar-refractivity contribution is 7.86. The standard InChI is InChI=1S/C8H20N4O4S/c1-11(2)5-6-12(17(10,15)16)4-3-7(9)8(13)14/h7H,3-6,9H2,1-2H3,(H,13,14)(H2,10,15,16). The molecule has 0 amide bonds. The monoisotopic (exact) mass is 268 g/mol. The van der Waals surface area contributed by atoms with Gasteiger partial charge in [0, 0.05) is 19.6 Å². The molecule has 0 saturated heterocycles. The smallest absolute Gasteiger partial charge is 0.320 e. The van der Waals surface area contributed by atoms with Gasteiger partial charge in [-0.15, -0.1) is 0 Å². The van der Waals surface area contributed by atoms with E-state index in [2.05, 4.69) is 0 Å². The molecule has 5 N–H and O–H groups in total. The van der Waals surface area contributed by atoms with Gasteiger partial charge in [-0.1, -0.05) is 0 Å². The average Bonchev–Trinajstić information content (AvgIpc) is 2.14. The molecule has 0 saturated carbocycles. The minimum Gasteiger partial charge on any atom is -0.480 e. The first-order chi connectivity index (χ1) is 7.64. The predicted molar refractivity (Wildman–Crippen MR) is 63.5 cm³/mol. The van der Waals surface area contributed by atoms with Gasteiger partial charge in [0.25, 0.3) is 10.2 Å². The molecule has 0 aromatic heterocycles. The Morgan fingerprint density at radius 1 is 1.29 bits per heavy atom. The van der Waals surface area contributed by atoms with Crippen LogP contribution in [0.3, 0.4) is 0 Å². The maximum atomic E-state index is 11.2. The molecule has 0 aliphatic carbocycles. The van der Waals surface area contributed by atoms with Crippen molar-refractivity contribution in [2.75, 3.05) is 33.7 Å². The molecule has 102 valence electrons. The molecule has 0 rings (SSSR count). The van der Waals surface area contributed by atoms with Crippen molar-refractivity contribution >= 4 is 16.2 Å². The van der Waals surface area contributed by atoms with Crippen LogP contribution in [-0.4, -0.2) is 68.5 Å². The van der Waals surface area contributed by atoms with Crippen LogP contribution in [-0.2, 0) is 15.0 Å². The van der Waals surface area contributed by atoms with Crippen LogP contribution in [0.4, 0.5) is 0 Å². The molecule has 0 aliphatic rings. The van der Waals surface area contributed by atoms with Crippen LogP contribution >= 0.6 is 0 Å². The molecule has 0 heterocycles. The number of carboxylic acid groups (broad SMARTS) is 1. The van der Waals surface area contributed by atoms with Crippen molar-refractivity contribution in [3.8, 4) is 0 Å². The molecule has 1 unspecified atom stereocenters. The van der Waals surface area contributed by atoms with Gasteiger partial charge in [0.1, 0.15) is 6.04 Å². The van der Waals surface area contributed by atoms with E-state index in [-0.39, 0.29) is 19.5 Å². The molecule has 0 fully saturated rings. The summed E-state index contributed by atoms with van der Waals surface area (Å²) in [5.74, 6) is -1.16. The molecule has 17 heavy (non-hydrogen) atoms. The van der Waals surface area contributed by atoms with Crippen LogP contribution in [0, 0.1) is 0 Å². The Balaban J connectivity index is 4.36. The van der Waals surface area contributed by atoms with E-state index in [1.807, 2.05) is 0 Å². The Hall–Kier alpha value is -0.740. The summed E-state index contributed by atoms with van der Waals surface area (Å²) in [6.45, 7) is 0.705. The normalized spacial score (nSPS) is 14.2. The first-order valence-corrected chi connectivity index (χ1v) is 6.56. The Bertz CT molecular complexity index is 343. The summed E-state index contributed by atoms with van der Waals surface area (Å²) in [5.41, 5.74) is 5.29. The number of carbonyl (C=O) groups is 1. The number of carboxylic acids is 1. The number of likely N-dealkylation sites (N-methyl/N-ethyl adjacent to an activating group) is 1. The summed E-state index contributed by atoms with van der Waals surface area (Å²) in [7, 11) is -0.232. The van der Waals surface area contributed by atoms with E-state index in [9.17, 15) is 13.2 Å². The van der Waals surface area contributed by atoms with Crippen molar-refractivity contribution in [3.05, 3.63) is 0 Å². The third-order valence-corrected chi connectivity index (χ3v) is 3.25. The topological polar surface area (TPSA) is 130 Å². The Morgan fingerprint density at radius 3 is 2.18 bits per heavy atom. The zero-order chi connectivity index (χ0) is 13.6. The van der Waals surface area contributed by atoms with Crippen LogP contribution in [0.2, 0.25) is 0 Å². The van der Waals surface area contributed by atoms with Crippen molar-refractivity contribution in [1.82, 2.24) is 9.21 Å². The summed E-state index contributed by atoms with van der Waals surface area (Å²) >= 11 is 0. The average molecular weight is 268 g/mol. The summed E-state index contributed by atoms with van der Waals surface area (Å²) in [6.07, 6.45) is 0.0270. The molecule has 0 spiro atoms. The number of hydrogen-bond donors (Lipinski definition) is 3. The zero-order valence-corrected chi connectivity index (χ0v) is 10.9. The van der Waals surface area contributed by atoms with Gasteiger partial charge in [-0.3, -0.25) is 4.79 Å². The summed E-state index contributed by atoms with van der Waals surface area (Å²) in [4.78, 5) is 12.3. The fraction of sp³-hybridized carbons (Fsp3) is 0.875. The lowest BCUT2D eigenvalue weighted by Crippen LogP contribution is -2.43. The molecule has 0 aromatic carbocycles. The van der Waals surface area contributed by atoms with E-state index in [0.717, 1.165) is 4.31 Å². The van der Waals surface area contributed by atoms with Crippen molar-refractivity contribution in [2.24, 2.45) is 10.9 Å². The first kappa shape index (κ1) is 16.3. The summed E-state index contributed by atoms with van der Waals surface area (Å²) < 4.78 is 23.5. The lowest BCUT2D eigenvalue weighted by molar-refractivity contribution is -0.138. The fourth-order valence-corrected chi connectivity index (χ4v) is 1.78. The van der Waals surface area contributed by atoms with Crippen molar-refractivity contribution in [2.45, 2.75) is 12.5 Å². The molecule has 0 bridgehead atoms. The number of nitrogens with zero attached hydrogens (tertiary/aromatic N) is 2. The molecule has 1 atom stereocenters. The third kappa shape index (κ3) is 7.23. The lowest BCUT2D eigenvalue weighted by Gasteiger charge is -2.22. The Labute approximate surface area is 101 Å². The van der Waals surface area contributed by atoms with Crippen LogP contribution in [0.1, 0.15) is 6.42 Å². The minimum absolute atomic E-state index is 0.000139. The maximum absolute atomic E-state index is 11.2. The van der Waals surface area contributed by atoms with Gasteiger partial charge in [0.15, 0.2) is 0 Å². The molecule has 8 nitrogen and oxygen atoms in total. The maximum Gasteiger partial charge on any atom is 0.320 e. The highest BCUT2D eigenvalue weighted by atomic mass is 32.2. The number of aliphatic carboxylic acids is 1. The van der Waals surface area contributed by atoms with E-state index in [0.29, 0.717) is 6.54 Å². The summed E-state index contributed by atoms with van der Waals surface area (Å²) in [6, 6.07) is -1.08. The van der Waals surface area contributed by atoms with E-state index in [1.54, 1.807) is 19.0 Å². The molecular weight excluding hydrogens is 248 g/mol. The Morgan fingerprint density at radius 2 is 1.82 bits per heavy atom. The second kappa shape index (κ2) is 6.87. The molecule has 0 radical (unpaired) electrons. The SMILES string of the molecule is CN(C)CCN(CCC(N)C(=O)O)S(N)(=O)=O. The quantitative estimate of drug-likeness (QED) is 0.460. The highest BCUT2D eigenvalue weighted by Gasteiger charge is 2.20. The second-order valence-corrected chi connectivity index (χ2v) is 5.53. The zero-order valence-electron chi connectivity index (χ0n) is 10.0. The van der Waals surface area contributed by atoms with E-state index in [1.165, 1.54) is 0 Å². The number of nitrogens with two attached hydrogens (primary N) is 2. The van der Waals surface area contributed by atoms with Gasteiger partial charge in [-0.25, -0.2) is 5.14 Å². The van der Waals surface area contributed by atoms with Gasteiger partial charge in [0.05, 0.1) is 0 Å². The van der Waals surface area contributed by atoms with Gasteiger partial charge in [0.2, 0.25) is 0 Å². The predicted octanol–water partition coefficient (Wildman–Crippen LogP) is -2.14. The van der Waals surface area contributed by atoms with E-state index in [4.69, 9.17) is 16.0 Å². The first-order valence-electron chi connectivity index (χ1n) is 5.05. The third-order valence-electron chi connectivity index (χ3n) is 2.16. The van der Waals surface area contributed by atoms with Crippen LogP contribution in [0.25, 0.3) is 0 Å². The van der Waals surface area contributed by atoms with Gasteiger partial charge >= 0.3 is 5.97 Å². The molecule has 0 aromatic rings. The minimum atomic E-state index is -3.82. The van der Waals surface area contributed by atoms with Crippen LogP contribution in [0.5, 0.6) is 0 Å². The van der Waals surface area contributed by atoms with Gasteiger partial charge < -0.3 is 15.7 Å². The van der Waals surface area contributed by atoms with E-state index < -0.39 is 22.2 Å². The second-order valence-electron chi connectivity index (χ2n) is 3.98. The Kier molecular flexibility index (Phi) is 6.57. The van der Waals surface area contributed by atoms with Crippen molar-refractivity contribution < 1.29 is 18.3 Å². The van der Waals surface area contributed by atoms with Crippen molar-refractivity contribution in [3.63, 3.8) is 0 Å². The largest absolute Gasteiger partial charge is 0.480 e. The van der Waals surface area contributed by atoms with Gasteiger partial charge in [-0.2, -0.15) is 12.7 Å². The van der Waals surface area contributed by atoms with E-state index >= 15 is 0 Å². The number of hydrogen-bond acceptors (Lipinski definition) is 5. The van der Waals surface area contributed by atoms with Crippen molar-refractivity contribution in [1.29, 1.82) is 0 Å². The summed E-state index contributed by atoms with van der Waals surface area (Å²) in [5, 5.41) is 13.6. The lowest BCUT2D eigenvalue weighted by atomic mass is 10.2. The highest BCUT2D eigenvalue weighted by Crippen LogP contribution is 1.99. The molecule has 0 aliphatic heterocycles. The molecule has 9 heteroatoms. The molecular formula is C8H20N4O4S.